The van der Waals surface area contributed by atoms with Gasteiger partial charge in [0, 0.05) is 16.5 Å². The Morgan fingerprint density at radius 3 is 2.88 bits per heavy atom. The number of thioether (sulfide) groups is 1. The Kier molecular flexibility index (Phi) is 2.96. The van der Waals surface area contributed by atoms with Crippen LogP contribution in [0, 0.1) is 0 Å². The predicted octanol–water partition coefficient (Wildman–Crippen LogP) is 2.05. The van der Waals surface area contributed by atoms with E-state index in [1.54, 1.807) is 18.0 Å². The van der Waals surface area contributed by atoms with Gasteiger partial charge in [0.2, 0.25) is 0 Å². The third-order valence-corrected chi connectivity index (χ3v) is 3.16. The number of nitrogens with zero attached hydrogens (tertiary/aromatic N) is 2. The van der Waals surface area contributed by atoms with E-state index in [0.717, 1.165) is 15.8 Å². The summed E-state index contributed by atoms with van der Waals surface area (Å²) in [7, 11) is 0. The van der Waals surface area contributed by atoms with E-state index in [2.05, 4.69) is 10.1 Å². The van der Waals surface area contributed by atoms with Gasteiger partial charge in [-0.1, -0.05) is 23.4 Å². The van der Waals surface area contributed by atoms with Crippen LogP contribution in [0.25, 0.3) is 10.9 Å². The molecule has 0 amide bonds. The second kappa shape index (κ2) is 4.40. The van der Waals surface area contributed by atoms with E-state index in [9.17, 15) is 0 Å². The van der Waals surface area contributed by atoms with Gasteiger partial charge in [0.25, 0.3) is 0 Å². The van der Waals surface area contributed by atoms with E-state index < -0.39 is 0 Å². The fourth-order valence-corrected chi connectivity index (χ4v) is 2.34. The van der Waals surface area contributed by atoms with Gasteiger partial charge in [0.15, 0.2) is 5.84 Å². The molecular formula is C11H11N3OS. The van der Waals surface area contributed by atoms with Crippen molar-refractivity contribution < 1.29 is 5.21 Å². The van der Waals surface area contributed by atoms with Crippen molar-refractivity contribution in [3.8, 4) is 0 Å². The van der Waals surface area contributed by atoms with E-state index in [1.165, 1.54) is 0 Å². The van der Waals surface area contributed by atoms with Crippen molar-refractivity contribution in [2.24, 2.45) is 10.9 Å². The van der Waals surface area contributed by atoms with E-state index in [4.69, 9.17) is 10.9 Å². The fraction of sp³-hybridized carbons (Fsp3) is 0.0909. The highest BCUT2D eigenvalue weighted by molar-refractivity contribution is 7.99. The lowest BCUT2D eigenvalue weighted by Crippen LogP contribution is -2.14. The standard InChI is InChI=1S/C11H11N3OS/c1-16-10-7-4-2-3-5-9(7)13-6-8(10)11(12)14-15/h2-6,15H,1H3,(H2,12,14). The van der Waals surface area contributed by atoms with Crippen LogP contribution in [0.3, 0.4) is 0 Å². The number of aromatic nitrogens is 1. The van der Waals surface area contributed by atoms with Crippen molar-refractivity contribution in [3.05, 3.63) is 36.0 Å². The quantitative estimate of drug-likeness (QED) is 0.274. The summed E-state index contributed by atoms with van der Waals surface area (Å²) in [6.07, 6.45) is 3.58. The molecule has 0 bridgehead atoms. The first-order valence-corrected chi connectivity index (χ1v) is 5.90. The molecule has 5 heteroatoms. The van der Waals surface area contributed by atoms with E-state index in [0.29, 0.717) is 5.56 Å². The van der Waals surface area contributed by atoms with Crippen molar-refractivity contribution in [1.29, 1.82) is 0 Å². The van der Waals surface area contributed by atoms with Gasteiger partial charge in [-0.3, -0.25) is 4.98 Å². The number of rotatable bonds is 2. The Bertz CT molecular complexity index is 554. The first-order chi connectivity index (χ1) is 7.77. The van der Waals surface area contributed by atoms with E-state index in [-0.39, 0.29) is 5.84 Å². The molecule has 0 fully saturated rings. The van der Waals surface area contributed by atoms with Crippen LogP contribution in [0.15, 0.2) is 40.5 Å². The zero-order chi connectivity index (χ0) is 11.5. The summed E-state index contributed by atoms with van der Waals surface area (Å²) < 4.78 is 0. The molecule has 82 valence electrons. The molecule has 0 aliphatic carbocycles. The summed E-state index contributed by atoms with van der Waals surface area (Å²) in [6, 6.07) is 7.79. The van der Waals surface area contributed by atoms with Crippen LogP contribution in [0.1, 0.15) is 5.56 Å². The average Bonchev–Trinajstić information content (AvgIpc) is 2.36. The number of hydrogen-bond acceptors (Lipinski definition) is 4. The molecule has 1 aromatic carbocycles. The number of amidine groups is 1. The van der Waals surface area contributed by atoms with Crippen molar-refractivity contribution in [1.82, 2.24) is 4.98 Å². The zero-order valence-electron chi connectivity index (χ0n) is 8.71. The molecule has 1 aromatic heterocycles. The molecule has 0 unspecified atom stereocenters. The van der Waals surface area contributed by atoms with Gasteiger partial charge in [-0.25, -0.2) is 0 Å². The van der Waals surface area contributed by atoms with Crippen LogP contribution in [-0.2, 0) is 0 Å². The fourth-order valence-electron chi connectivity index (χ4n) is 1.57. The Balaban J connectivity index is 2.78. The summed E-state index contributed by atoms with van der Waals surface area (Å²) in [5.41, 5.74) is 7.17. The second-order valence-corrected chi connectivity index (χ2v) is 4.02. The van der Waals surface area contributed by atoms with Gasteiger partial charge in [0.05, 0.1) is 11.1 Å². The first-order valence-electron chi connectivity index (χ1n) is 4.67. The lowest BCUT2D eigenvalue weighted by Gasteiger charge is -2.08. The molecule has 16 heavy (non-hydrogen) atoms. The first kappa shape index (κ1) is 10.8. The summed E-state index contributed by atoms with van der Waals surface area (Å²) in [5, 5.41) is 12.7. The maximum atomic E-state index is 8.71. The Morgan fingerprint density at radius 1 is 1.44 bits per heavy atom. The Hall–Kier alpha value is -1.75. The number of pyridine rings is 1. The van der Waals surface area contributed by atoms with Crippen molar-refractivity contribution in [3.63, 3.8) is 0 Å². The lowest BCUT2D eigenvalue weighted by molar-refractivity contribution is 0.318. The lowest BCUT2D eigenvalue weighted by atomic mass is 10.1. The van der Waals surface area contributed by atoms with Gasteiger partial charge < -0.3 is 10.9 Å². The smallest absolute Gasteiger partial charge is 0.172 e. The zero-order valence-corrected chi connectivity index (χ0v) is 9.53. The summed E-state index contributed by atoms with van der Waals surface area (Å²) >= 11 is 1.56. The molecule has 0 saturated heterocycles. The number of para-hydroxylation sites is 1. The van der Waals surface area contributed by atoms with Crippen LogP contribution >= 0.6 is 11.8 Å². The van der Waals surface area contributed by atoms with Crippen molar-refractivity contribution in [2.45, 2.75) is 4.90 Å². The topological polar surface area (TPSA) is 71.5 Å². The molecular weight excluding hydrogens is 222 g/mol. The average molecular weight is 233 g/mol. The summed E-state index contributed by atoms with van der Waals surface area (Å²) in [4.78, 5) is 5.25. The van der Waals surface area contributed by atoms with Gasteiger partial charge in [-0.15, -0.1) is 11.8 Å². The molecule has 0 aliphatic rings. The molecule has 0 aliphatic heterocycles. The van der Waals surface area contributed by atoms with Crippen LogP contribution in [0.2, 0.25) is 0 Å². The second-order valence-electron chi connectivity index (χ2n) is 3.21. The molecule has 2 aromatic rings. The third kappa shape index (κ3) is 1.69. The largest absolute Gasteiger partial charge is 0.409 e. The highest BCUT2D eigenvalue weighted by Crippen LogP contribution is 2.28. The predicted molar refractivity (Wildman–Crippen MR) is 66.0 cm³/mol. The summed E-state index contributed by atoms with van der Waals surface area (Å²) in [5.74, 6) is 0.0857. The third-order valence-electron chi connectivity index (χ3n) is 2.31. The van der Waals surface area contributed by atoms with Crippen LogP contribution in [0.4, 0.5) is 0 Å². The van der Waals surface area contributed by atoms with E-state index in [1.807, 2.05) is 30.5 Å². The molecule has 0 spiro atoms. The van der Waals surface area contributed by atoms with Gasteiger partial charge in [0.1, 0.15) is 0 Å². The van der Waals surface area contributed by atoms with E-state index >= 15 is 0 Å². The molecule has 0 atom stereocenters. The monoisotopic (exact) mass is 233 g/mol. The minimum atomic E-state index is 0.0857. The SMILES string of the molecule is CSc1c(/C(N)=N/O)cnc2ccccc12. The minimum Gasteiger partial charge on any atom is -0.409 e. The highest BCUT2D eigenvalue weighted by atomic mass is 32.2. The Morgan fingerprint density at radius 2 is 2.19 bits per heavy atom. The molecule has 1 heterocycles. The number of fused-ring (bicyclic) bond motifs is 1. The van der Waals surface area contributed by atoms with Gasteiger partial charge in [-0.05, 0) is 12.3 Å². The maximum Gasteiger partial charge on any atom is 0.172 e. The highest BCUT2D eigenvalue weighted by Gasteiger charge is 2.10. The van der Waals surface area contributed by atoms with Gasteiger partial charge in [-0.2, -0.15) is 0 Å². The summed E-state index contributed by atoms with van der Waals surface area (Å²) in [6.45, 7) is 0. The van der Waals surface area contributed by atoms with Crippen molar-refractivity contribution >= 4 is 28.5 Å². The Labute approximate surface area is 97.2 Å². The normalized spacial score (nSPS) is 11.9. The molecule has 3 N–H and O–H groups in total. The molecule has 0 radical (unpaired) electrons. The number of oxime groups is 1. The maximum absolute atomic E-state index is 8.71. The van der Waals surface area contributed by atoms with Crippen LogP contribution in [0.5, 0.6) is 0 Å². The number of nitrogens with two attached hydrogens (primary N) is 1. The number of benzene rings is 1. The van der Waals surface area contributed by atoms with Crippen molar-refractivity contribution in [2.75, 3.05) is 6.26 Å². The van der Waals surface area contributed by atoms with Crippen LogP contribution in [-0.4, -0.2) is 22.3 Å². The molecule has 2 rings (SSSR count). The number of hydrogen-bond donors (Lipinski definition) is 2. The molecule has 4 nitrogen and oxygen atoms in total. The molecule has 0 saturated carbocycles. The van der Waals surface area contributed by atoms with Crippen LogP contribution < -0.4 is 5.73 Å². The minimum absolute atomic E-state index is 0.0857. The van der Waals surface area contributed by atoms with Gasteiger partial charge >= 0.3 is 0 Å².